The molecule has 1 saturated heterocycles. The first-order valence-electron chi connectivity index (χ1n) is 10.8. The minimum Gasteiger partial charge on any atom is -0.354 e. The molecule has 1 aliphatic heterocycles. The molecule has 8 heteroatoms. The molecule has 1 N–H and O–H groups in total. The number of nitrogens with one attached hydrogen (secondary N) is 1. The quantitative estimate of drug-likeness (QED) is 0.629. The van der Waals surface area contributed by atoms with E-state index in [-0.39, 0.29) is 42.7 Å². The van der Waals surface area contributed by atoms with Gasteiger partial charge in [-0.2, -0.15) is 0 Å². The van der Waals surface area contributed by atoms with E-state index in [1.54, 1.807) is 17.0 Å². The van der Waals surface area contributed by atoms with Gasteiger partial charge in [0.2, 0.25) is 11.8 Å². The summed E-state index contributed by atoms with van der Waals surface area (Å²) in [6.45, 7) is 4.83. The molecule has 1 atom stereocenters. The minimum absolute atomic E-state index is 0.0739. The van der Waals surface area contributed by atoms with E-state index in [1.807, 2.05) is 32.0 Å². The first-order valence-corrected chi connectivity index (χ1v) is 10.8. The number of hydrogen-bond donors (Lipinski definition) is 1. The second kappa shape index (κ2) is 9.36. The number of carbonyl (C=O) groups excluding carboxylic acids is 2. The van der Waals surface area contributed by atoms with Crippen molar-refractivity contribution in [1.82, 2.24) is 14.9 Å². The standard InChI is InChI=1S/C25H25FN4O3/c1-16-3-8-21(11-17(16)2)30-14-19(12-24(30)32)25(33)27-9-10-29-15-28-22(13-23(29)31)18-4-6-20(26)7-5-18/h3-8,11,13,15,19H,9-10,12,14H2,1-2H3,(H,27,33). The van der Waals surface area contributed by atoms with Crippen molar-refractivity contribution in [3.8, 4) is 11.3 Å². The number of rotatable bonds is 6. The van der Waals surface area contributed by atoms with E-state index in [0.29, 0.717) is 17.8 Å². The third-order valence-corrected chi connectivity index (χ3v) is 5.97. The molecular weight excluding hydrogens is 423 g/mol. The maximum Gasteiger partial charge on any atom is 0.253 e. The highest BCUT2D eigenvalue weighted by molar-refractivity contribution is 6.00. The Morgan fingerprint density at radius 1 is 1.09 bits per heavy atom. The van der Waals surface area contributed by atoms with Crippen LogP contribution in [0.15, 0.2) is 59.7 Å². The number of aromatic nitrogens is 2. The zero-order chi connectivity index (χ0) is 23.5. The van der Waals surface area contributed by atoms with Crippen molar-refractivity contribution >= 4 is 17.5 Å². The Labute approximate surface area is 190 Å². The Bertz CT molecular complexity index is 1250. The van der Waals surface area contributed by atoms with Crippen LogP contribution in [0.2, 0.25) is 0 Å². The highest BCUT2D eigenvalue weighted by Gasteiger charge is 2.35. The molecular formula is C25H25FN4O3. The van der Waals surface area contributed by atoms with Crippen LogP contribution >= 0.6 is 0 Å². The van der Waals surface area contributed by atoms with Gasteiger partial charge >= 0.3 is 0 Å². The van der Waals surface area contributed by atoms with Gasteiger partial charge in [0.25, 0.3) is 5.56 Å². The molecule has 0 aliphatic carbocycles. The molecule has 1 unspecified atom stereocenters. The largest absolute Gasteiger partial charge is 0.354 e. The van der Waals surface area contributed by atoms with E-state index in [2.05, 4.69) is 10.3 Å². The molecule has 7 nitrogen and oxygen atoms in total. The lowest BCUT2D eigenvalue weighted by atomic mass is 10.1. The SMILES string of the molecule is Cc1ccc(N2CC(C(=O)NCCn3cnc(-c4ccc(F)cc4)cc3=O)CC2=O)cc1C. The second-order valence-corrected chi connectivity index (χ2v) is 8.28. The molecule has 33 heavy (non-hydrogen) atoms. The van der Waals surface area contributed by atoms with Crippen molar-refractivity contribution in [1.29, 1.82) is 0 Å². The summed E-state index contributed by atoms with van der Waals surface area (Å²) in [6, 6.07) is 13.0. The monoisotopic (exact) mass is 448 g/mol. The smallest absolute Gasteiger partial charge is 0.253 e. The Hall–Kier alpha value is -3.81. The molecule has 2 heterocycles. The molecule has 2 aromatic carbocycles. The molecule has 0 radical (unpaired) electrons. The van der Waals surface area contributed by atoms with Crippen LogP contribution in [0.4, 0.5) is 10.1 Å². The van der Waals surface area contributed by atoms with Gasteiger partial charge in [-0.1, -0.05) is 6.07 Å². The maximum absolute atomic E-state index is 13.1. The third kappa shape index (κ3) is 5.00. The molecule has 0 saturated carbocycles. The molecule has 1 fully saturated rings. The van der Waals surface area contributed by atoms with Crippen molar-refractivity contribution in [2.45, 2.75) is 26.8 Å². The number of anilines is 1. The Morgan fingerprint density at radius 2 is 1.85 bits per heavy atom. The van der Waals surface area contributed by atoms with Crippen LogP contribution in [0.1, 0.15) is 17.5 Å². The zero-order valence-electron chi connectivity index (χ0n) is 18.5. The fraction of sp³-hybridized carbons (Fsp3) is 0.280. The lowest BCUT2D eigenvalue weighted by Gasteiger charge is -2.18. The summed E-state index contributed by atoms with van der Waals surface area (Å²) in [5.41, 5.74) is 3.88. The van der Waals surface area contributed by atoms with Gasteiger partial charge in [0.05, 0.1) is 17.9 Å². The van der Waals surface area contributed by atoms with E-state index in [0.717, 1.165) is 16.8 Å². The minimum atomic E-state index is -0.435. The molecule has 170 valence electrons. The molecule has 1 aromatic heterocycles. The first-order chi connectivity index (χ1) is 15.8. The fourth-order valence-corrected chi connectivity index (χ4v) is 3.84. The van der Waals surface area contributed by atoms with Crippen LogP contribution in [0.5, 0.6) is 0 Å². The average molecular weight is 448 g/mol. The fourth-order valence-electron chi connectivity index (χ4n) is 3.84. The number of aryl methyl sites for hydroxylation is 2. The lowest BCUT2D eigenvalue weighted by molar-refractivity contribution is -0.126. The van der Waals surface area contributed by atoms with Crippen LogP contribution < -0.4 is 15.8 Å². The predicted octanol–water partition coefficient (Wildman–Crippen LogP) is 2.84. The van der Waals surface area contributed by atoms with Gasteiger partial charge in [0.15, 0.2) is 0 Å². The van der Waals surface area contributed by atoms with Gasteiger partial charge in [-0.25, -0.2) is 9.37 Å². The lowest BCUT2D eigenvalue weighted by Crippen LogP contribution is -2.36. The van der Waals surface area contributed by atoms with Crippen LogP contribution in [-0.2, 0) is 16.1 Å². The van der Waals surface area contributed by atoms with E-state index in [4.69, 9.17) is 0 Å². The van der Waals surface area contributed by atoms with Crippen LogP contribution in [0, 0.1) is 25.6 Å². The summed E-state index contributed by atoms with van der Waals surface area (Å²) >= 11 is 0. The highest BCUT2D eigenvalue weighted by Crippen LogP contribution is 2.27. The van der Waals surface area contributed by atoms with Crippen LogP contribution in [0.25, 0.3) is 11.3 Å². The van der Waals surface area contributed by atoms with Crippen LogP contribution in [0.3, 0.4) is 0 Å². The van der Waals surface area contributed by atoms with Crippen molar-refractivity contribution in [2.24, 2.45) is 5.92 Å². The third-order valence-electron chi connectivity index (χ3n) is 5.97. The summed E-state index contributed by atoms with van der Waals surface area (Å²) in [5, 5.41) is 2.82. The van der Waals surface area contributed by atoms with Gasteiger partial charge in [0.1, 0.15) is 5.82 Å². The highest BCUT2D eigenvalue weighted by atomic mass is 19.1. The summed E-state index contributed by atoms with van der Waals surface area (Å²) in [5.74, 6) is -1.08. The molecule has 1 aliphatic rings. The Morgan fingerprint density at radius 3 is 2.55 bits per heavy atom. The van der Waals surface area contributed by atoms with Gasteiger partial charge in [0, 0.05) is 43.4 Å². The summed E-state index contributed by atoms with van der Waals surface area (Å²) in [4.78, 5) is 43.4. The molecule has 3 aromatic rings. The summed E-state index contributed by atoms with van der Waals surface area (Å²) < 4.78 is 14.5. The number of hydrogen-bond acceptors (Lipinski definition) is 4. The van der Waals surface area contributed by atoms with E-state index in [1.165, 1.54) is 29.1 Å². The average Bonchev–Trinajstić information content (AvgIpc) is 3.19. The number of carbonyl (C=O) groups is 2. The second-order valence-electron chi connectivity index (χ2n) is 8.28. The molecule has 0 spiro atoms. The van der Waals surface area contributed by atoms with Gasteiger partial charge < -0.3 is 10.2 Å². The van der Waals surface area contributed by atoms with Crippen LogP contribution in [-0.4, -0.2) is 34.5 Å². The van der Waals surface area contributed by atoms with Gasteiger partial charge in [-0.3, -0.25) is 19.0 Å². The van der Waals surface area contributed by atoms with Crippen molar-refractivity contribution in [3.05, 3.63) is 82.2 Å². The Balaban J connectivity index is 1.33. The predicted molar refractivity (Wildman–Crippen MR) is 123 cm³/mol. The number of nitrogens with zero attached hydrogens (tertiary/aromatic N) is 3. The van der Waals surface area contributed by atoms with Crippen molar-refractivity contribution < 1.29 is 14.0 Å². The summed E-state index contributed by atoms with van der Waals surface area (Å²) in [6.07, 6.45) is 1.57. The number of amides is 2. The Kier molecular flexibility index (Phi) is 6.35. The summed E-state index contributed by atoms with van der Waals surface area (Å²) in [7, 11) is 0. The van der Waals surface area contributed by atoms with Crippen molar-refractivity contribution in [3.63, 3.8) is 0 Å². The van der Waals surface area contributed by atoms with E-state index in [9.17, 15) is 18.8 Å². The molecule has 2 amide bonds. The molecule has 0 bridgehead atoms. The number of halogens is 1. The molecule has 4 rings (SSSR count). The normalized spacial score (nSPS) is 15.7. The maximum atomic E-state index is 13.1. The topological polar surface area (TPSA) is 84.3 Å². The number of benzene rings is 2. The van der Waals surface area contributed by atoms with Gasteiger partial charge in [-0.05, 0) is 61.4 Å². The van der Waals surface area contributed by atoms with E-state index >= 15 is 0 Å². The van der Waals surface area contributed by atoms with E-state index < -0.39 is 5.92 Å². The zero-order valence-corrected chi connectivity index (χ0v) is 18.5. The first kappa shape index (κ1) is 22.4. The van der Waals surface area contributed by atoms with Crippen molar-refractivity contribution in [2.75, 3.05) is 18.0 Å². The van der Waals surface area contributed by atoms with Gasteiger partial charge in [-0.15, -0.1) is 0 Å².